The van der Waals surface area contributed by atoms with Crippen LogP contribution in [-0.2, 0) is 4.79 Å². The zero-order chi connectivity index (χ0) is 15.8. The van der Waals surface area contributed by atoms with Crippen LogP contribution in [0.3, 0.4) is 0 Å². The molecule has 3 nitrogen and oxygen atoms in total. The van der Waals surface area contributed by atoms with Crippen LogP contribution >= 0.6 is 11.8 Å². The third kappa shape index (κ3) is 7.43. The van der Waals surface area contributed by atoms with Crippen molar-refractivity contribution < 1.29 is 13.6 Å². The Balaban J connectivity index is 2.54. The zero-order valence-corrected chi connectivity index (χ0v) is 13.4. The molecule has 0 saturated heterocycles. The predicted octanol–water partition coefficient (Wildman–Crippen LogP) is 3.92. The van der Waals surface area contributed by atoms with Gasteiger partial charge in [0.2, 0.25) is 5.91 Å². The lowest BCUT2D eigenvalue weighted by Crippen LogP contribution is -2.31. The van der Waals surface area contributed by atoms with Crippen LogP contribution < -0.4 is 5.32 Å². The lowest BCUT2D eigenvalue weighted by molar-refractivity contribution is -0.117. The van der Waals surface area contributed by atoms with Crippen LogP contribution in [0.5, 0.6) is 0 Å². The Morgan fingerprint density at radius 2 is 2.00 bits per heavy atom. The van der Waals surface area contributed by atoms with Crippen molar-refractivity contribution in [1.82, 2.24) is 4.90 Å². The van der Waals surface area contributed by atoms with Gasteiger partial charge in [-0.25, -0.2) is 0 Å². The van der Waals surface area contributed by atoms with E-state index in [0.29, 0.717) is 28.3 Å². The van der Waals surface area contributed by atoms with Gasteiger partial charge in [0, 0.05) is 4.90 Å². The van der Waals surface area contributed by atoms with Gasteiger partial charge in [0.05, 0.1) is 12.2 Å². The molecular formula is C15H22F2N2OS. The summed E-state index contributed by atoms with van der Waals surface area (Å²) < 4.78 is 24.9. The minimum atomic E-state index is -2.50. The van der Waals surface area contributed by atoms with Crippen LogP contribution in [0.1, 0.15) is 20.3 Å². The van der Waals surface area contributed by atoms with Crippen molar-refractivity contribution in [1.29, 1.82) is 0 Å². The van der Waals surface area contributed by atoms with Gasteiger partial charge in [0.15, 0.2) is 0 Å². The number of anilines is 1. The molecule has 0 aromatic heterocycles. The standard InChI is InChI=1S/C15H22F2N2OS/c1-11(2)8-9-19(3)10-14(20)18-12-6-4-5-7-13(12)21-15(16)17/h4-7,11,15H,8-10H2,1-3H3,(H,18,20). The van der Waals surface area contributed by atoms with E-state index in [1.54, 1.807) is 24.3 Å². The summed E-state index contributed by atoms with van der Waals surface area (Å²) >= 11 is 0.438. The molecule has 21 heavy (non-hydrogen) atoms. The quantitative estimate of drug-likeness (QED) is 0.738. The van der Waals surface area contributed by atoms with Crippen LogP contribution in [0.2, 0.25) is 0 Å². The van der Waals surface area contributed by atoms with Gasteiger partial charge < -0.3 is 5.32 Å². The van der Waals surface area contributed by atoms with E-state index in [-0.39, 0.29) is 12.5 Å². The summed E-state index contributed by atoms with van der Waals surface area (Å²) in [5.41, 5.74) is 0.435. The normalized spacial score (nSPS) is 11.4. The molecular weight excluding hydrogens is 294 g/mol. The largest absolute Gasteiger partial charge is 0.324 e. The summed E-state index contributed by atoms with van der Waals surface area (Å²) in [6.07, 6.45) is 1.02. The van der Waals surface area contributed by atoms with E-state index < -0.39 is 5.76 Å². The van der Waals surface area contributed by atoms with Gasteiger partial charge in [-0.15, -0.1) is 0 Å². The van der Waals surface area contributed by atoms with Gasteiger partial charge in [-0.2, -0.15) is 8.78 Å². The Morgan fingerprint density at radius 3 is 2.62 bits per heavy atom. The molecule has 0 bridgehead atoms. The second-order valence-corrected chi connectivity index (χ2v) is 6.38. The second kappa shape index (κ2) is 9.00. The Kier molecular flexibility index (Phi) is 7.67. The number of carbonyl (C=O) groups is 1. The molecule has 0 fully saturated rings. The monoisotopic (exact) mass is 316 g/mol. The summed E-state index contributed by atoms with van der Waals surface area (Å²) in [6.45, 7) is 5.34. The molecule has 1 aromatic rings. The summed E-state index contributed by atoms with van der Waals surface area (Å²) in [7, 11) is 1.88. The summed E-state index contributed by atoms with van der Waals surface area (Å²) in [5, 5.41) is 2.70. The molecule has 1 aromatic carbocycles. The van der Waals surface area contributed by atoms with E-state index in [4.69, 9.17) is 0 Å². The van der Waals surface area contributed by atoms with Crippen LogP contribution in [0.4, 0.5) is 14.5 Å². The Labute approximate surface area is 129 Å². The number of hydrogen-bond donors (Lipinski definition) is 1. The van der Waals surface area contributed by atoms with Gasteiger partial charge in [-0.1, -0.05) is 37.7 Å². The first kappa shape index (κ1) is 17.9. The van der Waals surface area contributed by atoms with Crippen molar-refractivity contribution in [3.8, 4) is 0 Å². The van der Waals surface area contributed by atoms with E-state index in [1.165, 1.54) is 0 Å². The third-order valence-electron chi connectivity index (χ3n) is 2.88. The number of benzene rings is 1. The van der Waals surface area contributed by atoms with E-state index in [2.05, 4.69) is 19.2 Å². The fourth-order valence-corrected chi connectivity index (χ4v) is 2.36. The predicted molar refractivity (Wildman–Crippen MR) is 83.9 cm³/mol. The SMILES string of the molecule is CC(C)CCN(C)CC(=O)Nc1ccccc1SC(F)F. The van der Waals surface area contributed by atoms with Gasteiger partial charge in [-0.3, -0.25) is 9.69 Å². The lowest BCUT2D eigenvalue weighted by atomic mass is 10.1. The number of para-hydroxylation sites is 1. The highest BCUT2D eigenvalue weighted by Gasteiger charge is 2.13. The number of alkyl halides is 2. The van der Waals surface area contributed by atoms with Crippen molar-refractivity contribution in [2.45, 2.75) is 30.9 Å². The molecule has 0 spiro atoms. The minimum Gasteiger partial charge on any atom is -0.324 e. The first-order valence-electron chi connectivity index (χ1n) is 6.90. The smallest absolute Gasteiger partial charge is 0.288 e. The molecule has 0 heterocycles. The molecule has 0 unspecified atom stereocenters. The molecule has 1 rings (SSSR count). The number of nitrogens with one attached hydrogen (secondary N) is 1. The molecule has 0 radical (unpaired) electrons. The highest BCUT2D eigenvalue weighted by molar-refractivity contribution is 7.99. The molecule has 0 saturated carbocycles. The average Bonchev–Trinajstić information content (AvgIpc) is 2.38. The summed E-state index contributed by atoms with van der Waals surface area (Å²) in [6, 6.07) is 6.61. The van der Waals surface area contributed by atoms with Gasteiger partial charge >= 0.3 is 0 Å². The van der Waals surface area contributed by atoms with Crippen molar-refractivity contribution in [3.63, 3.8) is 0 Å². The topological polar surface area (TPSA) is 32.3 Å². The fourth-order valence-electron chi connectivity index (χ4n) is 1.76. The Hall–Kier alpha value is -1.14. The van der Waals surface area contributed by atoms with Crippen LogP contribution in [-0.4, -0.2) is 36.7 Å². The molecule has 118 valence electrons. The number of likely N-dealkylation sites (N-methyl/N-ethyl adjacent to an activating group) is 1. The zero-order valence-electron chi connectivity index (χ0n) is 12.6. The number of rotatable bonds is 8. The third-order valence-corrected chi connectivity index (χ3v) is 3.67. The highest BCUT2D eigenvalue weighted by atomic mass is 32.2. The number of amides is 1. The molecule has 0 aliphatic rings. The van der Waals surface area contributed by atoms with E-state index in [9.17, 15) is 13.6 Å². The molecule has 1 N–H and O–H groups in total. The van der Waals surface area contributed by atoms with Crippen molar-refractivity contribution in [3.05, 3.63) is 24.3 Å². The molecule has 0 atom stereocenters. The first-order chi connectivity index (χ1) is 9.88. The second-order valence-electron chi connectivity index (χ2n) is 5.34. The molecule has 6 heteroatoms. The molecule has 0 aliphatic heterocycles. The minimum absolute atomic E-state index is 0.191. The maximum atomic E-state index is 12.5. The van der Waals surface area contributed by atoms with Crippen molar-refractivity contribution >= 4 is 23.4 Å². The lowest BCUT2D eigenvalue weighted by Gasteiger charge is -2.18. The Bertz CT molecular complexity index is 455. The van der Waals surface area contributed by atoms with Crippen molar-refractivity contribution in [2.24, 2.45) is 5.92 Å². The number of carbonyl (C=O) groups excluding carboxylic acids is 1. The molecule has 0 aliphatic carbocycles. The number of halogens is 2. The van der Waals surface area contributed by atoms with Crippen LogP contribution in [0, 0.1) is 5.92 Å². The first-order valence-corrected chi connectivity index (χ1v) is 7.78. The summed E-state index contributed by atoms with van der Waals surface area (Å²) in [4.78, 5) is 14.3. The average molecular weight is 316 g/mol. The maximum Gasteiger partial charge on any atom is 0.288 e. The summed E-state index contributed by atoms with van der Waals surface area (Å²) in [5.74, 6) is -2.11. The van der Waals surface area contributed by atoms with E-state index >= 15 is 0 Å². The van der Waals surface area contributed by atoms with Crippen molar-refractivity contribution in [2.75, 3.05) is 25.5 Å². The molecule has 1 amide bonds. The van der Waals surface area contributed by atoms with Crippen LogP contribution in [0.15, 0.2) is 29.2 Å². The van der Waals surface area contributed by atoms with Crippen LogP contribution in [0.25, 0.3) is 0 Å². The highest BCUT2D eigenvalue weighted by Crippen LogP contribution is 2.31. The van der Waals surface area contributed by atoms with Gasteiger partial charge in [-0.05, 0) is 38.1 Å². The maximum absolute atomic E-state index is 12.5. The fraction of sp³-hybridized carbons (Fsp3) is 0.533. The number of nitrogens with zero attached hydrogens (tertiary/aromatic N) is 1. The van der Waals surface area contributed by atoms with E-state index in [0.717, 1.165) is 13.0 Å². The van der Waals surface area contributed by atoms with Gasteiger partial charge in [0.1, 0.15) is 0 Å². The number of hydrogen-bond acceptors (Lipinski definition) is 3. The Morgan fingerprint density at radius 1 is 1.33 bits per heavy atom. The van der Waals surface area contributed by atoms with Gasteiger partial charge in [0.25, 0.3) is 5.76 Å². The number of thioether (sulfide) groups is 1. The van der Waals surface area contributed by atoms with E-state index in [1.807, 2.05) is 11.9 Å².